The molecular formula is C15H15BrF3NS. The van der Waals surface area contributed by atoms with Gasteiger partial charge in [-0.05, 0) is 43.7 Å². The zero-order chi connectivity index (χ0) is 15.6. The second-order valence-corrected chi connectivity index (χ2v) is 6.87. The van der Waals surface area contributed by atoms with Crippen LogP contribution in [-0.2, 0) is 12.6 Å². The molecule has 1 N–H and O–H groups in total. The van der Waals surface area contributed by atoms with Gasteiger partial charge in [0.1, 0.15) is 0 Å². The van der Waals surface area contributed by atoms with Gasteiger partial charge in [0.05, 0.1) is 11.6 Å². The number of alkyl halides is 3. The average Bonchev–Trinajstić information content (AvgIpc) is 2.85. The number of benzene rings is 1. The molecule has 1 nitrogen and oxygen atoms in total. The monoisotopic (exact) mass is 377 g/mol. The van der Waals surface area contributed by atoms with Gasteiger partial charge in [-0.3, -0.25) is 0 Å². The van der Waals surface area contributed by atoms with Crippen LogP contribution in [0.15, 0.2) is 34.8 Å². The molecule has 1 unspecified atom stereocenters. The maximum Gasteiger partial charge on any atom is 0.416 e. The van der Waals surface area contributed by atoms with E-state index in [0.29, 0.717) is 10.2 Å². The Morgan fingerprint density at radius 3 is 2.52 bits per heavy atom. The third-order valence-electron chi connectivity index (χ3n) is 3.07. The van der Waals surface area contributed by atoms with E-state index in [1.165, 1.54) is 4.88 Å². The van der Waals surface area contributed by atoms with Gasteiger partial charge in [-0.25, -0.2) is 0 Å². The second-order valence-electron chi connectivity index (χ2n) is 4.75. The molecule has 21 heavy (non-hydrogen) atoms. The first-order chi connectivity index (χ1) is 9.79. The van der Waals surface area contributed by atoms with Crippen LogP contribution in [0.5, 0.6) is 0 Å². The minimum absolute atomic E-state index is 0.0364. The van der Waals surface area contributed by atoms with E-state index < -0.39 is 11.7 Å². The first kappa shape index (κ1) is 16.4. The van der Waals surface area contributed by atoms with E-state index in [9.17, 15) is 13.2 Å². The van der Waals surface area contributed by atoms with Gasteiger partial charge in [-0.1, -0.05) is 22.9 Å². The molecule has 1 aromatic heterocycles. The lowest BCUT2D eigenvalue weighted by Crippen LogP contribution is -2.08. The number of hydrogen-bond acceptors (Lipinski definition) is 2. The molecule has 0 aliphatic carbocycles. The highest BCUT2D eigenvalue weighted by Crippen LogP contribution is 2.35. The minimum Gasteiger partial charge on any atom is -0.378 e. The van der Waals surface area contributed by atoms with Gasteiger partial charge in [0.2, 0.25) is 0 Å². The third-order valence-corrected chi connectivity index (χ3v) is 4.94. The summed E-state index contributed by atoms with van der Waals surface area (Å²) in [7, 11) is 0. The Morgan fingerprint density at radius 1 is 1.24 bits per heavy atom. The summed E-state index contributed by atoms with van der Waals surface area (Å²) in [6, 6.07) is 7.90. The molecule has 1 heterocycles. The van der Waals surface area contributed by atoms with Crippen LogP contribution in [0.2, 0.25) is 0 Å². The van der Waals surface area contributed by atoms with Gasteiger partial charge < -0.3 is 5.32 Å². The van der Waals surface area contributed by atoms with Crippen molar-refractivity contribution < 1.29 is 13.2 Å². The largest absolute Gasteiger partial charge is 0.416 e. The molecule has 0 fully saturated rings. The lowest BCUT2D eigenvalue weighted by Gasteiger charge is -2.16. The van der Waals surface area contributed by atoms with E-state index in [2.05, 4.69) is 34.2 Å². The highest BCUT2D eigenvalue weighted by molar-refractivity contribution is 9.10. The summed E-state index contributed by atoms with van der Waals surface area (Å²) in [5, 5.41) is 3.13. The smallest absolute Gasteiger partial charge is 0.378 e. The predicted octanol–water partition coefficient (Wildman–Crippen LogP) is 6.26. The van der Waals surface area contributed by atoms with Gasteiger partial charge in [0.25, 0.3) is 0 Å². The van der Waals surface area contributed by atoms with Crippen molar-refractivity contribution in [2.45, 2.75) is 32.5 Å². The van der Waals surface area contributed by atoms with Crippen LogP contribution >= 0.6 is 27.3 Å². The molecular weight excluding hydrogens is 363 g/mol. The molecule has 0 spiro atoms. The van der Waals surface area contributed by atoms with Crippen LogP contribution < -0.4 is 5.32 Å². The Balaban J connectivity index is 2.20. The molecule has 0 aliphatic heterocycles. The number of hydrogen-bond donors (Lipinski definition) is 1. The van der Waals surface area contributed by atoms with Gasteiger partial charge >= 0.3 is 6.18 Å². The van der Waals surface area contributed by atoms with Crippen molar-refractivity contribution in [3.05, 3.63) is 50.1 Å². The Hall–Kier alpha value is -1.01. The summed E-state index contributed by atoms with van der Waals surface area (Å²) in [5.74, 6) is 0. The molecule has 1 atom stereocenters. The van der Waals surface area contributed by atoms with E-state index in [1.54, 1.807) is 17.4 Å². The lowest BCUT2D eigenvalue weighted by molar-refractivity contribution is -0.137. The number of nitrogens with one attached hydrogen (secondary N) is 1. The fourth-order valence-electron chi connectivity index (χ4n) is 1.98. The number of halogens is 4. The lowest BCUT2D eigenvalue weighted by atomic mass is 10.1. The molecule has 0 radical (unpaired) electrons. The minimum atomic E-state index is -4.35. The fraction of sp³-hybridized carbons (Fsp3) is 0.333. The maximum atomic E-state index is 12.8. The van der Waals surface area contributed by atoms with Crippen molar-refractivity contribution in [3.63, 3.8) is 0 Å². The number of aryl methyl sites for hydroxylation is 1. The topological polar surface area (TPSA) is 12.0 Å². The molecule has 0 amide bonds. The summed E-state index contributed by atoms with van der Waals surface area (Å²) in [6.07, 6.45) is -3.38. The molecule has 0 saturated heterocycles. The van der Waals surface area contributed by atoms with Crippen LogP contribution in [0.25, 0.3) is 0 Å². The first-order valence-electron chi connectivity index (χ1n) is 6.52. The van der Waals surface area contributed by atoms with Gasteiger partial charge in [-0.2, -0.15) is 13.2 Å². The third kappa shape index (κ3) is 4.23. The van der Waals surface area contributed by atoms with Gasteiger partial charge in [0, 0.05) is 19.9 Å². The van der Waals surface area contributed by atoms with E-state index in [1.807, 2.05) is 13.0 Å². The second kappa shape index (κ2) is 6.40. The highest BCUT2D eigenvalue weighted by atomic mass is 79.9. The fourth-order valence-corrected chi connectivity index (χ4v) is 3.42. The van der Waals surface area contributed by atoms with Crippen molar-refractivity contribution in [2.75, 3.05) is 5.32 Å². The normalized spacial score (nSPS) is 13.2. The van der Waals surface area contributed by atoms with Crippen molar-refractivity contribution in [2.24, 2.45) is 0 Å². The molecule has 6 heteroatoms. The summed E-state index contributed by atoms with van der Waals surface area (Å²) in [6.45, 7) is 4.02. The van der Waals surface area contributed by atoms with Crippen LogP contribution in [0.3, 0.4) is 0 Å². The van der Waals surface area contributed by atoms with Crippen molar-refractivity contribution in [1.29, 1.82) is 0 Å². The van der Waals surface area contributed by atoms with E-state index in [-0.39, 0.29) is 6.04 Å². The maximum absolute atomic E-state index is 12.8. The van der Waals surface area contributed by atoms with Crippen LogP contribution in [-0.4, -0.2) is 0 Å². The quantitative estimate of drug-likeness (QED) is 0.662. The zero-order valence-corrected chi connectivity index (χ0v) is 14.0. The molecule has 2 aromatic rings. The predicted molar refractivity (Wildman–Crippen MR) is 84.9 cm³/mol. The van der Waals surface area contributed by atoms with Crippen molar-refractivity contribution in [1.82, 2.24) is 0 Å². The summed E-state index contributed by atoms with van der Waals surface area (Å²) in [5.41, 5.74) is -0.206. The summed E-state index contributed by atoms with van der Waals surface area (Å²) in [4.78, 5) is 2.38. The van der Waals surface area contributed by atoms with Crippen LogP contribution in [0.1, 0.15) is 35.2 Å². The van der Waals surface area contributed by atoms with Crippen LogP contribution in [0.4, 0.5) is 18.9 Å². The Kier molecular flexibility index (Phi) is 4.99. The Labute approximate surface area is 134 Å². The molecule has 2 rings (SSSR count). The SMILES string of the molecule is CCc1ccc(C(C)Nc2cc(Br)cc(C(F)(F)F)c2)s1. The van der Waals surface area contributed by atoms with Crippen LogP contribution in [0, 0.1) is 0 Å². The van der Waals surface area contributed by atoms with E-state index in [4.69, 9.17) is 0 Å². The van der Waals surface area contributed by atoms with E-state index in [0.717, 1.165) is 23.4 Å². The molecule has 0 bridgehead atoms. The summed E-state index contributed by atoms with van der Waals surface area (Å²) < 4.78 is 38.8. The van der Waals surface area contributed by atoms with Crippen molar-refractivity contribution in [3.8, 4) is 0 Å². The molecule has 0 aliphatic rings. The van der Waals surface area contributed by atoms with E-state index >= 15 is 0 Å². The first-order valence-corrected chi connectivity index (χ1v) is 8.13. The molecule has 0 saturated carbocycles. The van der Waals surface area contributed by atoms with Gasteiger partial charge in [-0.15, -0.1) is 11.3 Å². The molecule has 1 aromatic carbocycles. The Morgan fingerprint density at radius 2 is 1.95 bits per heavy atom. The molecule has 114 valence electrons. The highest BCUT2D eigenvalue weighted by Gasteiger charge is 2.31. The van der Waals surface area contributed by atoms with Gasteiger partial charge in [0.15, 0.2) is 0 Å². The number of thiophene rings is 1. The number of anilines is 1. The average molecular weight is 378 g/mol. The Bertz CT molecular complexity index is 622. The van der Waals surface area contributed by atoms with Crippen molar-refractivity contribution >= 4 is 33.0 Å². The standard InChI is InChI=1S/C15H15BrF3NS/c1-3-13-4-5-14(21-13)9(2)20-12-7-10(15(17,18)19)6-11(16)8-12/h4-9,20H,3H2,1-2H3. The summed E-state index contributed by atoms with van der Waals surface area (Å²) >= 11 is 4.81. The zero-order valence-electron chi connectivity index (χ0n) is 11.6. The number of rotatable bonds is 4.